The highest BCUT2D eigenvalue weighted by Crippen LogP contribution is 2.18. The van der Waals surface area contributed by atoms with Crippen LogP contribution in [0.15, 0.2) is 42.9 Å². The number of imidazole rings is 1. The first-order valence-corrected chi connectivity index (χ1v) is 7.45. The molecule has 0 saturated carbocycles. The average molecular weight is 326 g/mol. The molecule has 1 N–H and O–H groups in total. The lowest BCUT2D eigenvalue weighted by atomic mass is 10.0. The van der Waals surface area contributed by atoms with E-state index in [1.165, 1.54) is 13.3 Å². The Balaban J connectivity index is 1.94. The fraction of sp³-hybridized carbons (Fsp3) is 0.235. The largest absolute Gasteiger partial charge is 0.467 e. The summed E-state index contributed by atoms with van der Waals surface area (Å²) in [5.41, 5.74) is 2.71. The molecule has 1 atom stereocenters. The summed E-state index contributed by atoms with van der Waals surface area (Å²) in [6, 6.07) is 6.51. The number of hydrogen-bond acceptors (Lipinski definition) is 4. The number of nitrogens with zero attached hydrogens (tertiary/aromatic N) is 3. The second-order valence-corrected chi connectivity index (χ2v) is 5.58. The first-order chi connectivity index (χ1) is 11.5. The van der Waals surface area contributed by atoms with Gasteiger partial charge >= 0.3 is 5.97 Å². The molecule has 7 nitrogen and oxygen atoms in total. The molecule has 24 heavy (non-hydrogen) atoms. The van der Waals surface area contributed by atoms with Gasteiger partial charge in [0.2, 0.25) is 0 Å². The number of rotatable bonds is 4. The van der Waals surface area contributed by atoms with Gasteiger partial charge in [-0.05, 0) is 12.5 Å². The van der Waals surface area contributed by atoms with Crippen LogP contribution in [-0.2, 0) is 16.6 Å². The van der Waals surface area contributed by atoms with Gasteiger partial charge in [0.25, 0.3) is 5.91 Å². The molecule has 2 heterocycles. The first-order valence-electron chi connectivity index (χ1n) is 7.45. The number of amides is 1. The van der Waals surface area contributed by atoms with Gasteiger partial charge in [-0.1, -0.05) is 29.8 Å². The van der Waals surface area contributed by atoms with Crippen molar-refractivity contribution >= 4 is 17.5 Å². The quantitative estimate of drug-likeness (QED) is 0.739. The summed E-state index contributed by atoms with van der Waals surface area (Å²) >= 11 is 0. The number of hydrogen-bond donors (Lipinski definition) is 1. The number of carbonyl (C=O) groups excluding carboxylic acids is 2. The van der Waals surface area contributed by atoms with Crippen molar-refractivity contribution in [3.05, 3.63) is 59.5 Å². The third-order valence-electron chi connectivity index (χ3n) is 3.87. The van der Waals surface area contributed by atoms with Crippen molar-refractivity contribution in [3.63, 3.8) is 0 Å². The van der Waals surface area contributed by atoms with Crippen molar-refractivity contribution in [2.75, 3.05) is 7.11 Å². The first kappa shape index (κ1) is 15.8. The molecule has 2 aromatic heterocycles. The van der Waals surface area contributed by atoms with Gasteiger partial charge in [-0.15, -0.1) is 0 Å². The Morgan fingerprint density at radius 2 is 2.08 bits per heavy atom. The van der Waals surface area contributed by atoms with Crippen LogP contribution < -0.4 is 5.32 Å². The van der Waals surface area contributed by atoms with E-state index in [0.717, 1.165) is 5.56 Å². The predicted octanol–water partition coefficient (Wildman–Crippen LogP) is 1.63. The maximum atomic E-state index is 12.7. The van der Waals surface area contributed by atoms with Gasteiger partial charge < -0.3 is 14.6 Å². The number of fused-ring (bicyclic) bond motifs is 1. The van der Waals surface area contributed by atoms with E-state index in [4.69, 9.17) is 4.74 Å². The second-order valence-electron chi connectivity index (χ2n) is 5.58. The molecule has 1 amide bonds. The van der Waals surface area contributed by atoms with E-state index in [1.54, 1.807) is 27.5 Å². The summed E-state index contributed by atoms with van der Waals surface area (Å²) in [7, 11) is 3.12. The number of carbonyl (C=O) groups is 2. The van der Waals surface area contributed by atoms with Crippen LogP contribution in [0.2, 0.25) is 0 Å². The van der Waals surface area contributed by atoms with Crippen LogP contribution in [0.5, 0.6) is 0 Å². The zero-order chi connectivity index (χ0) is 17.3. The van der Waals surface area contributed by atoms with E-state index in [-0.39, 0.29) is 5.91 Å². The Labute approximate surface area is 138 Å². The third-order valence-corrected chi connectivity index (χ3v) is 3.87. The van der Waals surface area contributed by atoms with Gasteiger partial charge in [0.1, 0.15) is 11.2 Å². The highest BCUT2D eigenvalue weighted by Gasteiger charge is 2.26. The molecule has 3 aromatic rings. The molecule has 0 aliphatic rings. The minimum Gasteiger partial charge on any atom is -0.467 e. The highest BCUT2D eigenvalue weighted by atomic mass is 16.5. The van der Waals surface area contributed by atoms with Crippen molar-refractivity contribution in [2.24, 2.45) is 7.05 Å². The Kier molecular flexibility index (Phi) is 4.07. The van der Waals surface area contributed by atoms with Crippen LogP contribution >= 0.6 is 0 Å². The SMILES string of the molecule is COC(=O)[C@@H](NC(=O)c1cnn2ccn(C)c12)c1cccc(C)c1. The number of esters is 1. The summed E-state index contributed by atoms with van der Waals surface area (Å²) in [6.07, 6.45) is 5.04. The van der Waals surface area contributed by atoms with Crippen molar-refractivity contribution in [1.29, 1.82) is 0 Å². The summed E-state index contributed by atoms with van der Waals surface area (Å²) < 4.78 is 8.24. The Morgan fingerprint density at radius 3 is 2.79 bits per heavy atom. The Morgan fingerprint density at radius 1 is 1.29 bits per heavy atom. The lowest BCUT2D eigenvalue weighted by molar-refractivity contribution is -0.143. The standard InChI is InChI=1S/C17H18N4O3/c1-11-5-4-6-12(9-11)14(17(23)24-3)19-15(22)13-10-18-21-8-7-20(2)16(13)21/h4-10,14H,1-3H3,(H,19,22)/t14-/m0/s1. The number of nitrogens with one attached hydrogen (secondary N) is 1. The Bertz CT molecular complexity index is 910. The van der Waals surface area contributed by atoms with E-state index >= 15 is 0 Å². The molecule has 0 spiro atoms. The number of benzene rings is 1. The van der Waals surface area contributed by atoms with Crippen LogP contribution in [0.1, 0.15) is 27.5 Å². The highest BCUT2D eigenvalue weighted by molar-refractivity contribution is 6.01. The van der Waals surface area contributed by atoms with Crippen molar-refractivity contribution in [1.82, 2.24) is 19.5 Å². The number of aromatic nitrogens is 3. The second kappa shape index (κ2) is 6.19. The van der Waals surface area contributed by atoms with Crippen LogP contribution in [0.25, 0.3) is 5.65 Å². The minimum atomic E-state index is -0.877. The number of aryl methyl sites for hydroxylation is 2. The minimum absolute atomic E-state index is 0.385. The number of methoxy groups -OCH3 is 1. The molecule has 7 heteroatoms. The van der Waals surface area contributed by atoms with Crippen molar-refractivity contribution < 1.29 is 14.3 Å². The van der Waals surface area contributed by atoms with Gasteiger partial charge in [-0.2, -0.15) is 5.10 Å². The molecule has 0 unspecified atom stereocenters. The molecule has 1 aromatic carbocycles. The maximum Gasteiger partial charge on any atom is 0.333 e. The summed E-state index contributed by atoms with van der Waals surface area (Å²) in [5, 5.41) is 6.88. The van der Waals surface area contributed by atoms with E-state index in [9.17, 15) is 9.59 Å². The fourth-order valence-corrected chi connectivity index (χ4v) is 2.67. The fourth-order valence-electron chi connectivity index (χ4n) is 2.67. The normalized spacial score (nSPS) is 12.1. The van der Waals surface area contributed by atoms with E-state index in [0.29, 0.717) is 16.8 Å². The van der Waals surface area contributed by atoms with Crippen LogP contribution in [0.4, 0.5) is 0 Å². The van der Waals surface area contributed by atoms with Crippen molar-refractivity contribution in [3.8, 4) is 0 Å². The van der Waals surface area contributed by atoms with E-state index < -0.39 is 12.0 Å². The monoisotopic (exact) mass is 326 g/mol. The molecule has 0 saturated heterocycles. The molecule has 0 aliphatic heterocycles. The maximum absolute atomic E-state index is 12.7. The topological polar surface area (TPSA) is 77.6 Å². The average Bonchev–Trinajstić information content (AvgIpc) is 3.15. The van der Waals surface area contributed by atoms with Gasteiger partial charge in [0.15, 0.2) is 6.04 Å². The van der Waals surface area contributed by atoms with Gasteiger partial charge in [0, 0.05) is 19.4 Å². The van der Waals surface area contributed by atoms with Crippen LogP contribution in [0.3, 0.4) is 0 Å². The number of ether oxygens (including phenoxy) is 1. The van der Waals surface area contributed by atoms with Crippen molar-refractivity contribution in [2.45, 2.75) is 13.0 Å². The van der Waals surface area contributed by atoms with Gasteiger partial charge in [0.05, 0.1) is 13.3 Å². The van der Waals surface area contributed by atoms with E-state index in [2.05, 4.69) is 10.4 Å². The molecule has 0 bridgehead atoms. The smallest absolute Gasteiger partial charge is 0.333 e. The molecular weight excluding hydrogens is 308 g/mol. The zero-order valence-electron chi connectivity index (χ0n) is 13.7. The summed E-state index contributed by atoms with van der Waals surface area (Å²) in [4.78, 5) is 24.8. The van der Waals surface area contributed by atoms with Crippen LogP contribution in [-0.4, -0.2) is 33.2 Å². The summed E-state index contributed by atoms with van der Waals surface area (Å²) in [5.74, 6) is -0.909. The third kappa shape index (κ3) is 2.76. The van der Waals surface area contributed by atoms with Crippen LogP contribution in [0, 0.1) is 6.92 Å². The van der Waals surface area contributed by atoms with E-state index in [1.807, 2.05) is 32.2 Å². The molecule has 124 valence electrons. The van der Waals surface area contributed by atoms with Gasteiger partial charge in [-0.3, -0.25) is 4.79 Å². The molecule has 3 rings (SSSR count). The Hall–Kier alpha value is -3.09. The molecule has 0 radical (unpaired) electrons. The zero-order valence-corrected chi connectivity index (χ0v) is 13.7. The molecular formula is C17H18N4O3. The molecule has 0 aliphatic carbocycles. The van der Waals surface area contributed by atoms with Gasteiger partial charge in [-0.25, -0.2) is 9.31 Å². The summed E-state index contributed by atoms with van der Waals surface area (Å²) in [6.45, 7) is 1.92. The molecule has 0 fully saturated rings. The lowest BCUT2D eigenvalue weighted by Gasteiger charge is -2.17. The lowest BCUT2D eigenvalue weighted by Crippen LogP contribution is -2.34. The predicted molar refractivity (Wildman–Crippen MR) is 87.6 cm³/mol.